The molecular weight excluding hydrogens is 294 g/mol. The lowest BCUT2D eigenvalue weighted by Gasteiger charge is -2.12. The van der Waals surface area contributed by atoms with Crippen LogP contribution in [0.2, 0.25) is 0 Å². The first-order valence-electron chi connectivity index (χ1n) is 8.23. The summed E-state index contributed by atoms with van der Waals surface area (Å²) in [6.45, 7) is 0.173. The maximum Gasteiger partial charge on any atom is 0.319 e. The van der Waals surface area contributed by atoms with Crippen LogP contribution in [0.4, 0.5) is 10.5 Å². The SMILES string of the molecule is O=C(Cn1cc(NC(=O)NC2CC=CC2)cn1)NC1CCCC1. The third-order valence-corrected chi connectivity index (χ3v) is 4.26. The fraction of sp³-hybridized carbons (Fsp3) is 0.562. The molecule has 2 aliphatic carbocycles. The Morgan fingerprint density at radius 3 is 2.61 bits per heavy atom. The smallest absolute Gasteiger partial charge is 0.319 e. The fourth-order valence-corrected chi connectivity index (χ4v) is 3.09. The zero-order valence-electron chi connectivity index (χ0n) is 13.1. The second kappa shape index (κ2) is 7.30. The molecule has 1 aromatic heterocycles. The third kappa shape index (κ3) is 4.58. The molecule has 0 aliphatic heterocycles. The molecule has 0 atom stereocenters. The van der Waals surface area contributed by atoms with E-state index < -0.39 is 0 Å². The lowest BCUT2D eigenvalue weighted by molar-refractivity contribution is -0.122. The highest BCUT2D eigenvalue weighted by molar-refractivity contribution is 5.89. The monoisotopic (exact) mass is 317 g/mol. The third-order valence-electron chi connectivity index (χ3n) is 4.26. The highest BCUT2D eigenvalue weighted by Gasteiger charge is 2.17. The molecular formula is C16H23N5O2. The minimum atomic E-state index is -0.242. The highest BCUT2D eigenvalue weighted by atomic mass is 16.2. The average molecular weight is 317 g/mol. The van der Waals surface area contributed by atoms with Gasteiger partial charge >= 0.3 is 6.03 Å². The van der Waals surface area contributed by atoms with Crippen LogP contribution in [-0.4, -0.2) is 33.8 Å². The van der Waals surface area contributed by atoms with E-state index in [-0.39, 0.29) is 24.5 Å². The lowest BCUT2D eigenvalue weighted by atomic mass is 10.2. The minimum absolute atomic E-state index is 0.0342. The number of aromatic nitrogens is 2. The molecule has 7 heteroatoms. The Labute approximate surface area is 135 Å². The van der Waals surface area contributed by atoms with Gasteiger partial charge in [0.15, 0.2) is 0 Å². The van der Waals surface area contributed by atoms with Gasteiger partial charge in [-0.25, -0.2) is 4.79 Å². The first kappa shape index (κ1) is 15.6. The van der Waals surface area contributed by atoms with E-state index in [2.05, 4.69) is 33.2 Å². The highest BCUT2D eigenvalue weighted by Crippen LogP contribution is 2.17. The number of nitrogens with one attached hydrogen (secondary N) is 3. The van der Waals surface area contributed by atoms with Gasteiger partial charge in [-0.05, 0) is 25.7 Å². The van der Waals surface area contributed by atoms with Crippen molar-refractivity contribution in [3.8, 4) is 0 Å². The molecule has 7 nitrogen and oxygen atoms in total. The molecule has 0 radical (unpaired) electrons. The normalized spacial score (nSPS) is 18.3. The molecule has 0 bridgehead atoms. The van der Waals surface area contributed by atoms with E-state index in [1.807, 2.05) is 0 Å². The number of carbonyl (C=O) groups is 2. The van der Waals surface area contributed by atoms with Gasteiger partial charge in [-0.2, -0.15) is 5.10 Å². The summed E-state index contributed by atoms with van der Waals surface area (Å²) in [4.78, 5) is 23.8. The van der Waals surface area contributed by atoms with E-state index in [0.717, 1.165) is 25.7 Å². The van der Waals surface area contributed by atoms with Crippen molar-refractivity contribution in [3.05, 3.63) is 24.5 Å². The van der Waals surface area contributed by atoms with Crippen molar-refractivity contribution in [2.24, 2.45) is 0 Å². The van der Waals surface area contributed by atoms with E-state index >= 15 is 0 Å². The zero-order chi connectivity index (χ0) is 16.1. The standard InChI is InChI=1S/C16H23N5O2/c22-15(18-12-5-1-2-6-12)11-21-10-14(9-17-21)20-16(23)19-13-7-3-4-8-13/h3-4,9-10,12-13H,1-2,5-8,11H2,(H,18,22)(H2,19,20,23). The Balaban J connectivity index is 1.43. The topological polar surface area (TPSA) is 88.1 Å². The molecule has 1 saturated carbocycles. The van der Waals surface area contributed by atoms with Gasteiger partial charge in [-0.3, -0.25) is 9.48 Å². The van der Waals surface area contributed by atoms with Gasteiger partial charge in [-0.1, -0.05) is 25.0 Å². The second-order valence-corrected chi connectivity index (χ2v) is 6.21. The number of carbonyl (C=O) groups excluding carboxylic acids is 2. The van der Waals surface area contributed by atoms with Gasteiger partial charge in [0.2, 0.25) is 5.91 Å². The summed E-state index contributed by atoms with van der Waals surface area (Å²) in [6, 6.07) is 0.234. The Kier molecular flexibility index (Phi) is 4.95. The van der Waals surface area contributed by atoms with Crippen molar-refractivity contribution >= 4 is 17.6 Å². The quantitative estimate of drug-likeness (QED) is 0.723. The Morgan fingerprint density at radius 1 is 1.13 bits per heavy atom. The number of rotatable bonds is 5. The maximum absolute atomic E-state index is 12.0. The van der Waals surface area contributed by atoms with Crippen LogP contribution in [-0.2, 0) is 11.3 Å². The summed E-state index contributed by atoms with van der Waals surface area (Å²) in [6.07, 6.45) is 13.6. The molecule has 23 heavy (non-hydrogen) atoms. The molecule has 0 spiro atoms. The largest absolute Gasteiger partial charge is 0.352 e. The number of amides is 3. The van der Waals surface area contributed by atoms with Gasteiger partial charge in [0.1, 0.15) is 6.54 Å². The van der Waals surface area contributed by atoms with Crippen molar-refractivity contribution in [1.29, 1.82) is 0 Å². The van der Waals surface area contributed by atoms with Gasteiger partial charge in [0.25, 0.3) is 0 Å². The van der Waals surface area contributed by atoms with Gasteiger partial charge in [0, 0.05) is 18.3 Å². The molecule has 0 aromatic carbocycles. The summed E-state index contributed by atoms with van der Waals surface area (Å²) >= 11 is 0. The number of hydrogen-bond acceptors (Lipinski definition) is 3. The van der Waals surface area contributed by atoms with Crippen LogP contribution >= 0.6 is 0 Å². The predicted molar refractivity (Wildman–Crippen MR) is 86.9 cm³/mol. The van der Waals surface area contributed by atoms with Crippen molar-refractivity contribution in [3.63, 3.8) is 0 Å². The average Bonchev–Trinajstić information content (AvgIpc) is 3.22. The molecule has 0 saturated heterocycles. The first-order chi connectivity index (χ1) is 11.2. The number of anilines is 1. The van der Waals surface area contributed by atoms with E-state index in [1.165, 1.54) is 17.5 Å². The molecule has 1 heterocycles. The van der Waals surface area contributed by atoms with Crippen LogP contribution in [0.1, 0.15) is 38.5 Å². The van der Waals surface area contributed by atoms with Gasteiger partial charge in [0.05, 0.1) is 11.9 Å². The van der Waals surface area contributed by atoms with E-state index in [4.69, 9.17) is 0 Å². The van der Waals surface area contributed by atoms with Crippen molar-refractivity contribution < 1.29 is 9.59 Å². The van der Waals surface area contributed by atoms with Crippen LogP contribution in [0.15, 0.2) is 24.5 Å². The number of hydrogen-bond donors (Lipinski definition) is 3. The summed E-state index contributed by atoms with van der Waals surface area (Å²) < 4.78 is 1.54. The Bertz CT molecular complexity index is 549. The molecule has 3 N–H and O–H groups in total. The first-order valence-corrected chi connectivity index (χ1v) is 8.23. The van der Waals surface area contributed by atoms with E-state index in [1.54, 1.807) is 12.4 Å². The summed E-state index contributed by atoms with van der Waals surface area (Å²) in [7, 11) is 0. The van der Waals surface area contributed by atoms with Crippen LogP contribution in [0.25, 0.3) is 0 Å². The van der Waals surface area contributed by atoms with Gasteiger partial charge in [-0.15, -0.1) is 0 Å². The van der Waals surface area contributed by atoms with E-state index in [9.17, 15) is 9.59 Å². The number of urea groups is 1. The Hall–Kier alpha value is -2.31. The fourth-order valence-electron chi connectivity index (χ4n) is 3.09. The van der Waals surface area contributed by atoms with Gasteiger partial charge < -0.3 is 16.0 Å². The summed E-state index contributed by atoms with van der Waals surface area (Å²) in [5.74, 6) is -0.0342. The van der Waals surface area contributed by atoms with Crippen LogP contribution in [0.5, 0.6) is 0 Å². The van der Waals surface area contributed by atoms with Crippen molar-refractivity contribution in [1.82, 2.24) is 20.4 Å². The molecule has 1 fully saturated rings. The van der Waals surface area contributed by atoms with Crippen molar-refractivity contribution in [2.75, 3.05) is 5.32 Å². The van der Waals surface area contributed by atoms with Crippen molar-refractivity contribution in [2.45, 2.75) is 57.2 Å². The van der Waals surface area contributed by atoms with Crippen LogP contribution < -0.4 is 16.0 Å². The molecule has 0 unspecified atom stereocenters. The predicted octanol–water partition coefficient (Wildman–Crippen LogP) is 1.78. The minimum Gasteiger partial charge on any atom is -0.352 e. The van der Waals surface area contributed by atoms with Crippen LogP contribution in [0.3, 0.4) is 0 Å². The van der Waals surface area contributed by atoms with Crippen LogP contribution in [0, 0.1) is 0 Å². The summed E-state index contributed by atoms with van der Waals surface area (Å²) in [5, 5.41) is 12.8. The zero-order valence-corrected chi connectivity index (χ0v) is 13.1. The molecule has 124 valence electrons. The molecule has 1 aromatic rings. The molecule has 3 amide bonds. The summed E-state index contributed by atoms with van der Waals surface area (Å²) in [5.41, 5.74) is 0.585. The maximum atomic E-state index is 12.0. The lowest BCUT2D eigenvalue weighted by Crippen LogP contribution is -2.36. The van der Waals surface area contributed by atoms with E-state index in [0.29, 0.717) is 11.7 Å². The Morgan fingerprint density at radius 2 is 1.87 bits per heavy atom. The molecule has 2 aliphatic rings. The second-order valence-electron chi connectivity index (χ2n) is 6.21. The molecule has 3 rings (SSSR count). The number of nitrogens with zero attached hydrogens (tertiary/aromatic N) is 2.